The molecule has 0 unspecified atom stereocenters. The topological polar surface area (TPSA) is 74.3 Å². The van der Waals surface area contributed by atoms with Gasteiger partial charge in [-0.1, -0.05) is 49.6 Å². The first-order valence-electron chi connectivity index (χ1n) is 10.0. The summed E-state index contributed by atoms with van der Waals surface area (Å²) in [6, 6.07) is 10.2. The smallest absolute Gasteiger partial charge is 0.191 e. The number of nitrogens with zero attached hydrogens (tertiary/aromatic N) is 2. The van der Waals surface area contributed by atoms with E-state index in [2.05, 4.69) is 37.7 Å². The number of ether oxygens (including phenoxy) is 1. The van der Waals surface area contributed by atoms with Crippen molar-refractivity contribution in [1.29, 1.82) is 0 Å². The van der Waals surface area contributed by atoms with Crippen molar-refractivity contribution < 1.29 is 4.74 Å². The summed E-state index contributed by atoms with van der Waals surface area (Å²) in [5.74, 6) is 1.67. The molecular formula is C21H31N5O. The van der Waals surface area contributed by atoms with E-state index in [1.807, 2.05) is 24.4 Å². The first-order chi connectivity index (χ1) is 13.3. The summed E-state index contributed by atoms with van der Waals surface area (Å²) in [5, 5.41) is 6.63. The summed E-state index contributed by atoms with van der Waals surface area (Å²) in [6.07, 6.45) is 9.79. The normalized spacial score (nSPS) is 15.7. The zero-order valence-corrected chi connectivity index (χ0v) is 16.2. The van der Waals surface area contributed by atoms with Gasteiger partial charge in [-0.25, -0.2) is 4.98 Å². The Kier molecular flexibility index (Phi) is 7.71. The Labute approximate surface area is 161 Å². The lowest BCUT2D eigenvalue weighted by atomic mass is 9.98. The number of aromatic nitrogens is 2. The lowest BCUT2D eigenvalue weighted by molar-refractivity contribution is 0.0277. The zero-order valence-electron chi connectivity index (χ0n) is 16.2. The van der Waals surface area contributed by atoms with Crippen LogP contribution < -0.4 is 10.6 Å². The second-order valence-corrected chi connectivity index (χ2v) is 6.95. The molecule has 0 saturated heterocycles. The van der Waals surface area contributed by atoms with Gasteiger partial charge in [0.15, 0.2) is 5.96 Å². The predicted octanol–water partition coefficient (Wildman–Crippen LogP) is 3.48. The molecule has 0 bridgehead atoms. The van der Waals surface area contributed by atoms with E-state index in [4.69, 9.17) is 4.74 Å². The molecule has 2 aromatic rings. The molecule has 146 valence electrons. The molecule has 0 radical (unpaired) electrons. The fourth-order valence-electron chi connectivity index (χ4n) is 3.37. The van der Waals surface area contributed by atoms with E-state index in [0.29, 0.717) is 12.6 Å². The van der Waals surface area contributed by atoms with Gasteiger partial charge in [0.05, 0.1) is 24.5 Å². The summed E-state index contributed by atoms with van der Waals surface area (Å²) in [4.78, 5) is 12.1. The molecule has 0 spiro atoms. The standard InChI is InChI=1S/C21H31N5O/c1-22-21(23-13-8-14-27-18-11-6-3-7-12-18)25-16-20-24-15-19(26-20)17-9-4-2-5-10-17/h2,4-5,9-10,15,18H,3,6-8,11-14,16H2,1H3,(H,24,26)(H2,22,23,25). The van der Waals surface area contributed by atoms with Crippen LogP contribution in [0.3, 0.4) is 0 Å². The van der Waals surface area contributed by atoms with Gasteiger partial charge in [-0.15, -0.1) is 0 Å². The van der Waals surface area contributed by atoms with Crippen LogP contribution in [0.15, 0.2) is 41.5 Å². The van der Waals surface area contributed by atoms with Gasteiger partial charge in [0, 0.05) is 20.2 Å². The summed E-state index contributed by atoms with van der Waals surface area (Å²) in [5.41, 5.74) is 2.16. The molecule has 1 aromatic heterocycles. The second kappa shape index (κ2) is 10.7. The highest BCUT2D eigenvalue weighted by atomic mass is 16.5. The first-order valence-corrected chi connectivity index (χ1v) is 10.0. The Morgan fingerprint density at radius 3 is 2.78 bits per heavy atom. The Morgan fingerprint density at radius 1 is 1.19 bits per heavy atom. The molecule has 0 aliphatic heterocycles. The Morgan fingerprint density at radius 2 is 2.00 bits per heavy atom. The van der Waals surface area contributed by atoms with Gasteiger partial charge in [0.2, 0.25) is 0 Å². The molecule has 1 fully saturated rings. The van der Waals surface area contributed by atoms with Gasteiger partial charge >= 0.3 is 0 Å². The van der Waals surface area contributed by atoms with Crippen LogP contribution in [0.1, 0.15) is 44.3 Å². The summed E-state index contributed by atoms with van der Waals surface area (Å²) in [6.45, 7) is 2.26. The van der Waals surface area contributed by atoms with E-state index in [1.54, 1.807) is 7.05 Å². The van der Waals surface area contributed by atoms with Crippen molar-refractivity contribution in [1.82, 2.24) is 20.6 Å². The minimum absolute atomic E-state index is 0.481. The van der Waals surface area contributed by atoms with E-state index in [-0.39, 0.29) is 0 Å². The van der Waals surface area contributed by atoms with E-state index < -0.39 is 0 Å². The number of H-pyrrole nitrogens is 1. The molecule has 1 saturated carbocycles. The quantitative estimate of drug-likeness (QED) is 0.378. The number of rotatable bonds is 8. The monoisotopic (exact) mass is 369 g/mol. The fourth-order valence-corrected chi connectivity index (χ4v) is 3.37. The number of benzene rings is 1. The molecule has 0 amide bonds. The largest absolute Gasteiger partial charge is 0.378 e. The van der Waals surface area contributed by atoms with Crippen LogP contribution in [-0.2, 0) is 11.3 Å². The fraction of sp³-hybridized carbons (Fsp3) is 0.524. The van der Waals surface area contributed by atoms with Crippen LogP contribution in [0, 0.1) is 0 Å². The van der Waals surface area contributed by atoms with Crippen LogP contribution in [-0.4, -0.2) is 42.2 Å². The third-order valence-corrected chi connectivity index (χ3v) is 4.88. The number of hydrogen-bond donors (Lipinski definition) is 3. The number of aromatic amines is 1. The average Bonchev–Trinajstić information content (AvgIpc) is 3.20. The Balaban J connectivity index is 1.34. The number of hydrogen-bond acceptors (Lipinski definition) is 3. The van der Waals surface area contributed by atoms with Gasteiger partial charge in [-0.2, -0.15) is 0 Å². The Bertz CT molecular complexity index is 692. The molecule has 27 heavy (non-hydrogen) atoms. The highest BCUT2D eigenvalue weighted by molar-refractivity contribution is 5.79. The van der Waals surface area contributed by atoms with Gasteiger partial charge in [-0.3, -0.25) is 4.99 Å². The first kappa shape index (κ1) is 19.4. The minimum Gasteiger partial charge on any atom is -0.378 e. The van der Waals surface area contributed by atoms with E-state index in [9.17, 15) is 0 Å². The molecule has 1 aliphatic carbocycles. The zero-order chi connectivity index (χ0) is 18.7. The molecule has 3 N–H and O–H groups in total. The molecule has 3 rings (SSSR count). The van der Waals surface area contributed by atoms with Crippen LogP contribution in [0.2, 0.25) is 0 Å². The SMILES string of the molecule is CN=C(NCCCOC1CCCCC1)NCc1ncc(-c2ccccc2)[nH]1. The number of aliphatic imine (C=N–C) groups is 1. The van der Waals surface area contributed by atoms with Crippen molar-refractivity contribution >= 4 is 5.96 Å². The van der Waals surface area contributed by atoms with Gasteiger partial charge in [0.25, 0.3) is 0 Å². The molecule has 6 heteroatoms. The van der Waals surface area contributed by atoms with Crippen molar-refractivity contribution in [3.63, 3.8) is 0 Å². The lowest BCUT2D eigenvalue weighted by Gasteiger charge is -2.22. The van der Waals surface area contributed by atoms with E-state index in [1.165, 1.54) is 32.1 Å². The average molecular weight is 370 g/mol. The molecule has 1 aliphatic rings. The van der Waals surface area contributed by atoms with Gasteiger partial charge < -0.3 is 20.4 Å². The van der Waals surface area contributed by atoms with Crippen molar-refractivity contribution in [2.75, 3.05) is 20.2 Å². The maximum absolute atomic E-state index is 5.96. The third kappa shape index (κ3) is 6.40. The molecule has 6 nitrogen and oxygen atoms in total. The minimum atomic E-state index is 0.481. The highest BCUT2D eigenvalue weighted by Gasteiger charge is 2.13. The summed E-state index contributed by atoms with van der Waals surface area (Å²) in [7, 11) is 1.78. The van der Waals surface area contributed by atoms with Crippen molar-refractivity contribution in [3.05, 3.63) is 42.4 Å². The molecular weight excluding hydrogens is 338 g/mol. The van der Waals surface area contributed by atoms with Crippen LogP contribution in [0.4, 0.5) is 0 Å². The number of nitrogens with one attached hydrogen (secondary N) is 3. The van der Waals surface area contributed by atoms with Gasteiger partial charge in [-0.05, 0) is 24.8 Å². The molecule has 1 heterocycles. The van der Waals surface area contributed by atoms with Crippen molar-refractivity contribution in [3.8, 4) is 11.3 Å². The van der Waals surface area contributed by atoms with Gasteiger partial charge in [0.1, 0.15) is 5.82 Å². The molecule has 0 atom stereocenters. The van der Waals surface area contributed by atoms with E-state index in [0.717, 1.165) is 42.6 Å². The number of imidazole rings is 1. The van der Waals surface area contributed by atoms with E-state index >= 15 is 0 Å². The second-order valence-electron chi connectivity index (χ2n) is 6.95. The third-order valence-electron chi connectivity index (χ3n) is 4.88. The highest BCUT2D eigenvalue weighted by Crippen LogP contribution is 2.20. The maximum atomic E-state index is 5.96. The predicted molar refractivity (Wildman–Crippen MR) is 110 cm³/mol. The van der Waals surface area contributed by atoms with Crippen molar-refractivity contribution in [2.24, 2.45) is 4.99 Å². The van der Waals surface area contributed by atoms with Crippen LogP contribution in [0.5, 0.6) is 0 Å². The molecule has 1 aromatic carbocycles. The van der Waals surface area contributed by atoms with Crippen LogP contribution >= 0.6 is 0 Å². The summed E-state index contributed by atoms with van der Waals surface area (Å²) >= 11 is 0. The number of guanidine groups is 1. The summed E-state index contributed by atoms with van der Waals surface area (Å²) < 4.78 is 5.96. The lowest BCUT2D eigenvalue weighted by Crippen LogP contribution is -2.37. The van der Waals surface area contributed by atoms with Crippen molar-refractivity contribution in [2.45, 2.75) is 51.2 Å². The van der Waals surface area contributed by atoms with Crippen LogP contribution in [0.25, 0.3) is 11.3 Å². The Hall–Kier alpha value is -2.34. The maximum Gasteiger partial charge on any atom is 0.191 e.